The van der Waals surface area contributed by atoms with Crippen molar-refractivity contribution in [2.45, 2.75) is 10.9 Å². The summed E-state index contributed by atoms with van der Waals surface area (Å²) in [5.41, 5.74) is 0.352. The molecular weight excluding hydrogens is 244 g/mol. The number of rotatable bonds is 5. The normalized spacial score (nSPS) is 11.4. The van der Waals surface area contributed by atoms with Crippen LogP contribution in [0.2, 0.25) is 0 Å². The third-order valence-corrected chi connectivity index (χ3v) is 3.59. The number of nitrogens with one attached hydrogen (secondary N) is 1. The summed E-state index contributed by atoms with van der Waals surface area (Å²) in [6, 6.07) is 6.26. The molecule has 6 nitrogen and oxygen atoms in total. The van der Waals surface area contributed by atoms with Crippen molar-refractivity contribution >= 4 is 10.0 Å². The molecule has 0 aliphatic rings. The Morgan fingerprint density at radius 1 is 1.24 bits per heavy atom. The quantitative estimate of drug-likeness (QED) is 0.638. The predicted molar refractivity (Wildman–Crippen MR) is 59.4 cm³/mol. The van der Waals surface area contributed by atoms with Gasteiger partial charge in [-0.3, -0.25) is 0 Å². The number of aliphatic hydroxyl groups is 2. The van der Waals surface area contributed by atoms with Crippen molar-refractivity contribution in [2.24, 2.45) is 0 Å². The van der Waals surface area contributed by atoms with E-state index in [2.05, 4.69) is 4.72 Å². The van der Waals surface area contributed by atoms with Gasteiger partial charge in [-0.1, -0.05) is 0 Å². The molecule has 0 atom stereocenters. The largest absolute Gasteiger partial charge is 0.395 e. The first-order valence-corrected chi connectivity index (χ1v) is 6.26. The fourth-order valence-corrected chi connectivity index (χ4v) is 2.35. The van der Waals surface area contributed by atoms with Gasteiger partial charge in [0.15, 0.2) is 0 Å². The summed E-state index contributed by atoms with van der Waals surface area (Å²) in [7, 11) is -3.79. The molecule has 1 aromatic rings. The van der Waals surface area contributed by atoms with Gasteiger partial charge in [-0.15, -0.1) is 0 Å². The molecule has 1 rings (SSSR count). The third kappa shape index (κ3) is 3.51. The summed E-state index contributed by atoms with van der Waals surface area (Å²) in [6.45, 7) is -0.988. The van der Waals surface area contributed by atoms with Crippen LogP contribution in [-0.2, 0) is 10.0 Å². The van der Waals surface area contributed by atoms with Gasteiger partial charge in [-0.05, 0) is 24.3 Å². The van der Waals surface area contributed by atoms with Crippen molar-refractivity contribution in [3.8, 4) is 6.07 Å². The number of benzene rings is 1. The highest BCUT2D eigenvalue weighted by molar-refractivity contribution is 7.89. The summed E-state index contributed by atoms with van der Waals surface area (Å²) < 4.78 is 25.6. The molecule has 0 bridgehead atoms. The zero-order valence-electron chi connectivity index (χ0n) is 8.87. The summed E-state index contributed by atoms with van der Waals surface area (Å²) in [6.07, 6.45) is 0. The highest BCUT2D eigenvalue weighted by atomic mass is 32.2. The van der Waals surface area contributed by atoms with Gasteiger partial charge in [0.05, 0.1) is 35.8 Å². The number of nitriles is 1. The lowest BCUT2D eigenvalue weighted by Gasteiger charge is -2.13. The summed E-state index contributed by atoms with van der Waals surface area (Å²) >= 11 is 0. The van der Waals surface area contributed by atoms with E-state index in [-0.39, 0.29) is 4.90 Å². The van der Waals surface area contributed by atoms with Gasteiger partial charge in [0, 0.05) is 0 Å². The van der Waals surface area contributed by atoms with E-state index in [1.54, 1.807) is 0 Å². The van der Waals surface area contributed by atoms with Gasteiger partial charge in [-0.25, -0.2) is 13.1 Å². The molecule has 92 valence electrons. The molecule has 0 aliphatic carbocycles. The lowest BCUT2D eigenvalue weighted by Crippen LogP contribution is -2.39. The molecule has 1 aromatic carbocycles. The lowest BCUT2D eigenvalue weighted by atomic mass is 10.2. The van der Waals surface area contributed by atoms with Crippen LogP contribution >= 0.6 is 0 Å². The molecule has 0 fully saturated rings. The Kier molecular flexibility index (Phi) is 4.60. The van der Waals surface area contributed by atoms with E-state index >= 15 is 0 Å². The highest BCUT2D eigenvalue weighted by Crippen LogP contribution is 2.10. The smallest absolute Gasteiger partial charge is 0.240 e. The van der Waals surface area contributed by atoms with Crippen molar-refractivity contribution in [1.82, 2.24) is 4.72 Å². The number of hydrogen-bond acceptors (Lipinski definition) is 5. The fourth-order valence-electron chi connectivity index (χ4n) is 1.13. The molecule has 0 saturated heterocycles. The monoisotopic (exact) mass is 256 g/mol. The number of sulfonamides is 1. The van der Waals surface area contributed by atoms with Gasteiger partial charge in [0.2, 0.25) is 10.0 Å². The molecule has 0 spiro atoms. The van der Waals surface area contributed by atoms with Crippen LogP contribution in [-0.4, -0.2) is 37.9 Å². The molecule has 0 radical (unpaired) electrons. The Balaban J connectivity index is 2.93. The lowest BCUT2D eigenvalue weighted by molar-refractivity contribution is 0.185. The topological polar surface area (TPSA) is 110 Å². The Labute approximate surface area is 99.2 Å². The molecule has 17 heavy (non-hydrogen) atoms. The number of hydrogen-bond donors (Lipinski definition) is 3. The molecule has 7 heteroatoms. The van der Waals surface area contributed by atoms with Gasteiger partial charge >= 0.3 is 0 Å². The molecule has 0 heterocycles. The highest BCUT2D eigenvalue weighted by Gasteiger charge is 2.18. The first-order valence-electron chi connectivity index (χ1n) is 4.77. The van der Waals surface area contributed by atoms with Crippen molar-refractivity contribution in [2.75, 3.05) is 13.2 Å². The van der Waals surface area contributed by atoms with E-state index in [0.717, 1.165) is 0 Å². The van der Waals surface area contributed by atoms with Gasteiger partial charge < -0.3 is 10.2 Å². The average Bonchev–Trinajstić information content (AvgIpc) is 2.36. The molecule has 0 aromatic heterocycles. The van der Waals surface area contributed by atoms with E-state index in [4.69, 9.17) is 15.5 Å². The SMILES string of the molecule is N#Cc1ccc(S(=O)(=O)NC(CO)CO)cc1. The number of nitrogens with zero attached hydrogens (tertiary/aromatic N) is 1. The first-order chi connectivity index (χ1) is 8.03. The van der Waals surface area contributed by atoms with Gasteiger partial charge in [0.1, 0.15) is 0 Å². The second-order valence-electron chi connectivity index (χ2n) is 3.32. The van der Waals surface area contributed by atoms with Crippen LogP contribution in [0.25, 0.3) is 0 Å². The Morgan fingerprint density at radius 2 is 1.76 bits per heavy atom. The van der Waals surface area contributed by atoms with E-state index in [1.807, 2.05) is 6.07 Å². The van der Waals surface area contributed by atoms with Gasteiger partial charge in [-0.2, -0.15) is 5.26 Å². The summed E-state index contributed by atoms with van der Waals surface area (Å²) in [4.78, 5) is -0.0246. The van der Waals surface area contributed by atoms with Crippen molar-refractivity contribution < 1.29 is 18.6 Å². The zero-order chi connectivity index (χ0) is 12.9. The second-order valence-corrected chi connectivity index (χ2v) is 5.03. The van der Waals surface area contributed by atoms with Crippen LogP contribution in [0.15, 0.2) is 29.2 Å². The first kappa shape index (κ1) is 13.6. The van der Waals surface area contributed by atoms with Crippen LogP contribution in [0.4, 0.5) is 0 Å². The van der Waals surface area contributed by atoms with E-state index < -0.39 is 29.3 Å². The number of aliphatic hydroxyl groups excluding tert-OH is 2. The molecule has 0 amide bonds. The van der Waals surface area contributed by atoms with E-state index in [9.17, 15) is 8.42 Å². The maximum Gasteiger partial charge on any atom is 0.240 e. The summed E-state index contributed by atoms with van der Waals surface area (Å²) in [5.74, 6) is 0. The molecular formula is C10H12N2O4S. The van der Waals surface area contributed by atoms with Crippen LogP contribution in [0.1, 0.15) is 5.56 Å². The maximum absolute atomic E-state index is 11.7. The maximum atomic E-state index is 11.7. The van der Waals surface area contributed by atoms with Crippen molar-refractivity contribution in [3.63, 3.8) is 0 Å². The van der Waals surface area contributed by atoms with Crippen LogP contribution in [0.5, 0.6) is 0 Å². The average molecular weight is 256 g/mol. The Bertz CT molecular complexity index is 500. The molecule has 3 N–H and O–H groups in total. The summed E-state index contributed by atoms with van der Waals surface area (Å²) in [5, 5.41) is 26.1. The van der Waals surface area contributed by atoms with E-state index in [0.29, 0.717) is 5.56 Å². The standard InChI is InChI=1S/C10H12N2O4S/c11-5-8-1-3-10(4-2-8)17(15,16)12-9(6-13)7-14/h1-4,9,12-14H,6-7H2. The minimum atomic E-state index is -3.79. The Hall–Kier alpha value is -1.46. The third-order valence-electron chi connectivity index (χ3n) is 2.06. The second kappa shape index (κ2) is 5.75. The van der Waals surface area contributed by atoms with Crippen LogP contribution < -0.4 is 4.72 Å². The van der Waals surface area contributed by atoms with E-state index in [1.165, 1.54) is 24.3 Å². The molecule has 0 saturated carbocycles. The Morgan fingerprint density at radius 3 is 2.18 bits per heavy atom. The van der Waals surface area contributed by atoms with Crippen LogP contribution in [0.3, 0.4) is 0 Å². The predicted octanol–water partition coefficient (Wildman–Crippen LogP) is -0.810. The fraction of sp³-hybridized carbons (Fsp3) is 0.300. The van der Waals surface area contributed by atoms with Crippen molar-refractivity contribution in [3.05, 3.63) is 29.8 Å². The minimum Gasteiger partial charge on any atom is -0.395 e. The molecule has 0 unspecified atom stereocenters. The minimum absolute atomic E-state index is 0.0246. The molecule has 0 aliphatic heterocycles. The zero-order valence-corrected chi connectivity index (χ0v) is 9.68. The van der Waals surface area contributed by atoms with Crippen molar-refractivity contribution in [1.29, 1.82) is 5.26 Å². The van der Waals surface area contributed by atoms with Gasteiger partial charge in [0.25, 0.3) is 0 Å². The van der Waals surface area contributed by atoms with Crippen LogP contribution in [0, 0.1) is 11.3 Å².